The SMILES string of the molecule is Cc1ccc(C(=O)NCc2cn3ccccc3n2)cn1. The summed E-state index contributed by atoms with van der Waals surface area (Å²) in [5.41, 5.74) is 3.14. The lowest BCUT2D eigenvalue weighted by molar-refractivity contribution is 0.0950. The van der Waals surface area contributed by atoms with Gasteiger partial charge in [-0.25, -0.2) is 4.98 Å². The van der Waals surface area contributed by atoms with Crippen molar-refractivity contribution < 1.29 is 4.79 Å². The predicted octanol–water partition coefficient (Wildman–Crippen LogP) is 1.97. The molecule has 0 aliphatic carbocycles. The molecular weight excluding hydrogens is 252 g/mol. The van der Waals surface area contributed by atoms with Crippen LogP contribution in [0.4, 0.5) is 0 Å². The molecule has 3 aromatic rings. The third-order valence-electron chi connectivity index (χ3n) is 3.02. The average Bonchev–Trinajstić information content (AvgIpc) is 2.88. The van der Waals surface area contributed by atoms with Crippen LogP contribution in [0.15, 0.2) is 48.9 Å². The molecule has 0 unspecified atom stereocenters. The predicted molar refractivity (Wildman–Crippen MR) is 75.3 cm³/mol. The summed E-state index contributed by atoms with van der Waals surface area (Å²) in [6, 6.07) is 9.38. The van der Waals surface area contributed by atoms with Crippen molar-refractivity contribution in [1.29, 1.82) is 0 Å². The van der Waals surface area contributed by atoms with E-state index in [1.807, 2.05) is 48.0 Å². The quantitative estimate of drug-likeness (QED) is 0.788. The Kier molecular flexibility index (Phi) is 3.16. The van der Waals surface area contributed by atoms with Crippen LogP contribution in [0.1, 0.15) is 21.7 Å². The van der Waals surface area contributed by atoms with Gasteiger partial charge in [-0.05, 0) is 31.2 Å². The van der Waals surface area contributed by atoms with Crippen molar-refractivity contribution in [3.63, 3.8) is 0 Å². The standard InChI is InChI=1S/C15H14N4O/c1-11-5-6-12(8-16-11)15(20)17-9-13-10-19-7-3-2-4-14(19)18-13/h2-8,10H,9H2,1H3,(H,17,20). The van der Waals surface area contributed by atoms with E-state index < -0.39 is 0 Å². The molecule has 0 bridgehead atoms. The first-order chi connectivity index (χ1) is 9.72. The zero-order valence-electron chi connectivity index (χ0n) is 11.1. The van der Waals surface area contributed by atoms with Gasteiger partial charge in [0.2, 0.25) is 0 Å². The second-order valence-corrected chi connectivity index (χ2v) is 4.57. The van der Waals surface area contributed by atoms with Crippen molar-refractivity contribution in [2.75, 3.05) is 0 Å². The van der Waals surface area contributed by atoms with Crippen LogP contribution in [-0.4, -0.2) is 20.3 Å². The van der Waals surface area contributed by atoms with Gasteiger partial charge >= 0.3 is 0 Å². The van der Waals surface area contributed by atoms with Gasteiger partial charge in [-0.15, -0.1) is 0 Å². The number of hydrogen-bond donors (Lipinski definition) is 1. The van der Waals surface area contributed by atoms with Crippen LogP contribution < -0.4 is 5.32 Å². The number of carbonyl (C=O) groups is 1. The highest BCUT2D eigenvalue weighted by Gasteiger charge is 2.07. The van der Waals surface area contributed by atoms with E-state index >= 15 is 0 Å². The maximum absolute atomic E-state index is 12.0. The summed E-state index contributed by atoms with van der Waals surface area (Å²) in [4.78, 5) is 20.5. The van der Waals surface area contributed by atoms with Crippen molar-refractivity contribution in [2.45, 2.75) is 13.5 Å². The number of rotatable bonds is 3. The number of nitrogens with zero attached hydrogens (tertiary/aromatic N) is 3. The Labute approximate surface area is 116 Å². The number of hydrogen-bond acceptors (Lipinski definition) is 3. The molecule has 3 rings (SSSR count). The zero-order valence-corrected chi connectivity index (χ0v) is 11.1. The molecule has 0 saturated heterocycles. The molecule has 20 heavy (non-hydrogen) atoms. The molecule has 5 heteroatoms. The Morgan fingerprint density at radius 3 is 2.95 bits per heavy atom. The Balaban J connectivity index is 1.69. The van der Waals surface area contributed by atoms with E-state index in [9.17, 15) is 4.79 Å². The van der Waals surface area contributed by atoms with Gasteiger partial charge in [-0.3, -0.25) is 9.78 Å². The maximum Gasteiger partial charge on any atom is 0.253 e. The molecular formula is C15H14N4O. The van der Waals surface area contributed by atoms with E-state index in [1.54, 1.807) is 12.3 Å². The van der Waals surface area contributed by atoms with Crippen LogP contribution in [0.25, 0.3) is 5.65 Å². The first kappa shape index (κ1) is 12.3. The number of fused-ring (bicyclic) bond motifs is 1. The van der Waals surface area contributed by atoms with E-state index in [-0.39, 0.29) is 5.91 Å². The number of aryl methyl sites for hydroxylation is 1. The highest BCUT2D eigenvalue weighted by atomic mass is 16.1. The molecule has 0 fully saturated rings. The van der Waals surface area contributed by atoms with Crippen LogP contribution in [0.3, 0.4) is 0 Å². The fourth-order valence-corrected chi connectivity index (χ4v) is 1.95. The number of nitrogens with one attached hydrogen (secondary N) is 1. The summed E-state index contributed by atoms with van der Waals surface area (Å²) >= 11 is 0. The summed E-state index contributed by atoms with van der Waals surface area (Å²) < 4.78 is 1.93. The topological polar surface area (TPSA) is 59.3 Å². The second kappa shape index (κ2) is 5.13. The summed E-state index contributed by atoms with van der Waals surface area (Å²) in [7, 11) is 0. The van der Waals surface area contributed by atoms with Gasteiger partial charge in [-0.1, -0.05) is 6.07 Å². The fraction of sp³-hybridized carbons (Fsp3) is 0.133. The van der Waals surface area contributed by atoms with Crippen LogP contribution in [0, 0.1) is 6.92 Å². The smallest absolute Gasteiger partial charge is 0.253 e. The van der Waals surface area contributed by atoms with Gasteiger partial charge in [-0.2, -0.15) is 0 Å². The largest absolute Gasteiger partial charge is 0.346 e. The fourth-order valence-electron chi connectivity index (χ4n) is 1.95. The van der Waals surface area contributed by atoms with Gasteiger partial charge in [0.15, 0.2) is 0 Å². The lowest BCUT2D eigenvalue weighted by atomic mass is 10.2. The minimum absolute atomic E-state index is 0.144. The van der Waals surface area contributed by atoms with E-state index in [0.29, 0.717) is 12.1 Å². The molecule has 0 spiro atoms. The van der Waals surface area contributed by atoms with Crippen molar-refractivity contribution in [2.24, 2.45) is 0 Å². The highest BCUT2D eigenvalue weighted by Crippen LogP contribution is 2.05. The molecule has 3 aromatic heterocycles. The molecule has 0 saturated carbocycles. The van der Waals surface area contributed by atoms with Crippen molar-refractivity contribution >= 4 is 11.6 Å². The van der Waals surface area contributed by atoms with Crippen LogP contribution in [0.5, 0.6) is 0 Å². The zero-order chi connectivity index (χ0) is 13.9. The number of aromatic nitrogens is 3. The molecule has 1 N–H and O–H groups in total. The van der Waals surface area contributed by atoms with Gasteiger partial charge in [0, 0.05) is 24.3 Å². The third-order valence-corrected chi connectivity index (χ3v) is 3.02. The van der Waals surface area contributed by atoms with E-state index in [2.05, 4.69) is 15.3 Å². The highest BCUT2D eigenvalue weighted by molar-refractivity contribution is 5.93. The molecule has 3 heterocycles. The molecule has 0 aliphatic heterocycles. The van der Waals surface area contributed by atoms with Crippen LogP contribution in [0.2, 0.25) is 0 Å². The molecule has 0 aliphatic rings. The minimum atomic E-state index is -0.144. The summed E-state index contributed by atoms with van der Waals surface area (Å²) in [6.07, 6.45) is 5.41. The average molecular weight is 266 g/mol. The Bertz CT molecular complexity index is 713. The lowest BCUT2D eigenvalue weighted by Gasteiger charge is -2.02. The maximum atomic E-state index is 12.0. The van der Waals surface area contributed by atoms with Crippen molar-refractivity contribution in [1.82, 2.24) is 19.7 Å². The lowest BCUT2D eigenvalue weighted by Crippen LogP contribution is -2.23. The van der Waals surface area contributed by atoms with E-state index in [4.69, 9.17) is 0 Å². The minimum Gasteiger partial charge on any atom is -0.346 e. The summed E-state index contributed by atoms with van der Waals surface area (Å²) in [5.74, 6) is -0.144. The van der Waals surface area contributed by atoms with Crippen molar-refractivity contribution in [3.8, 4) is 0 Å². The Hall–Kier alpha value is -2.69. The Morgan fingerprint density at radius 2 is 2.20 bits per heavy atom. The summed E-state index contributed by atoms with van der Waals surface area (Å²) in [5, 5.41) is 2.84. The van der Waals surface area contributed by atoms with Crippen LogP contribution >= 0.6 is 0 Å². The molecule has 0 aromatic carbocycles. The number of carbonyl (C=O) groups excluding carboxylic acids is 1. The Morgan fingerprint density at radius 1 is 1.30 bits per heavy atom. The third kappa shape index (κ3) is 2.51. The van der Waals surface area contributed by atoms with Gasteiger partial charge in [0.05, 0.1) is 17.8 Å². The summed E-state index contributed by atoms with van der Waals surface area (Å²) in [6.45, 7) is 2.28. The molecule has 0 radical (unpaired) electrons. The molecule has 100 valence electrons. The molecule has 0 atom stereocenters. The first-order valence-corrected chi connectivity index (χ1v) is 6.36. The molecule has 5 nitrogen and oxygen atoms in total. The van der Waals surface area contributed by atoms with Gasteiger partial charge in [0.1, 0.15) is 5.65 Å². The molecule has 1 amide bonds. The van der Waals surface area contributed by atoms with Crippen molar-refractivity contribution in [3.05, 3.63) is 65.9 Å². The first-order valence-electron chi connectivity index (χ1n) is 6.36. The van der Waals surface area contributed by atoms with E-state index in [1.165, 1.54) is 0 Å². The van der Waals surface area contributed by atoms with Gasteiger partial charge in [0.25, 0.3) is 5.91 Å². The van der Waals surface area contributed by atoms with Gasteiger partial charge < -0.3 is 9.72 Å². The normalized spacial score (nSPS) is 10.7. The second-order valence-electron chi connectivity index (χ2n) is 4.57. The number of amides is 1. The van der Waals surface area contributed by atoms with E-state index in [0.717, 1.165) is 17.0 Å². The number of imidazole rings is 1. The number of pyridine rings is 2. The van der Waals surface area contributed by atoms with Crippen LogP contribution in [-0.2, 0) is 6.54 Å². The monoisotopic (exact) mass is 266 g/mol.